The van der Waals surface area contributed by atoms with E-state index in [0.29, 0.717) is 28.3 Å². The SMILES string of the molecule is COc1ccccc1-c1onc(C)c1C(=O)N[C@@H](C)c1ccccc1. The molecule has 1 atom stereocenters. The first-order chi connectivity index (χ1) is 12.1. The number of nitrogens with zero attached hydrogens (tertiary/aromatic N) is 1. The molecule has 1 amide bonds. The van der Waals surface area contributed by atoms with E-state index in [-0.39, 0.29) is 11.9 Å². The van der Waals surface area contributed by atoms with Gasteiger partial charge in [0.2, 0.25) is 0 Å². The van der Waals surface area contributed by atoms with Gasteiger partial charge in [0.1, 0.15) is 11.3 Å². The van der Waals surface area contributed by atoms with Gasteiger partial charge in [-0.1, -0.05) is 47.6 Å². The lowest BCUT2D eigenvalue weighted by Gasteiger charge is -2.14. The fraction of sp³-hybridized carbons (Fsp3) is 0.200. The third-order valence-corrected chi connectivity index (χ3v) is 4.09. The molecular formula is C20H20N2O3. The van der Waals surface area contributed by atoms with Crippen LogP contribution in [0, 0.1) is 6.92 Å². The van der Waals surface area contributed by atoms with Gasteiger partial charge in [0.25, 0.3) is 5.91 Å². The number of hydrogen-bond donors (Lipinski definition) is 1. The average molecular weight is 336 g/mol. The van der Waals surface area contributed by atoms with Crippen molar-refractivity contribution in [1.82, 2.24) is 10.5 Å². The summed E-state index contributed by atoms with van der Waals surface area (Å²) in [5.41, 5.74) is 2.69. The maximum atomic E-state index is 12.9. The summed E-state index contributed by atoms with van der Waals surface area (Å²) >= 11 is 0. The molecule has 1 aromatic heterocycles. The van der Waals surface area contributed by atoms with Crippen LogP contribution in [0.15, 0.2) is 59.1 Å². The summed E-state index contributed by atoms with van der Waals surface area (Å²) in [7, 11) is 1.58. The summed E-state index contributed by atoms with van der Waals surface area (Å²) in [5, 5.41) is 6.99. The van der Waals surface area contributed by atoms with E-state index in [2.05, 4.69) is 10.5 Å². The molecule has 25 heavy (non-hydrogen) atoms. The minimum absolute atomic E-state index is 0.131. The summed E-state index contributed by atoms with van der Waals surface area (Å²) in [5.74, 6) is 0.813. The number of hydrogen-bond acceptors (Lipinski definition) is 4. The minimum atomic E-state index is -0.226. The van der Waals surface area contributed by atoms with E-state index >= 15 is 0 Å². The monoisotopic (exact) mass is 336 g/mol. The molecule has 3 rings (SSSR count). The molecule has 5 nitrogen and oxygen atoms in total. The second kappa shape index (κ2) is 7.21. The number of carbonyl (C=O) groups excluding carboxylic acids is 1. The Morgan fingerprint density at radius 3 is 2.52 bits per heavy atom. The largest absolute Gasteiger partial charge is 0.496 e. The Hall–Kier alpha value is -3.08. The number of ether oxygens (including phenoxy) is 1. The molecule has 0 unspecified atom stereocenters. The fourth-order valence-corrected chi connectivity index (χ4v) is 2.75. The first-order valence-electron chi connectivity index (χ1n) is 8.07. The van der Waals surface area contributed by atoms with Gasteiger partial charge >= 0.3 is 0 Å². The van der Waals surface area contributed by atoms with Gasteiger partial charge in [-0.3, -0.25) is 4.79 Å². The maximum absolute atomic E-state index is 12.9. The molecule has 5 heteroatoms. The summed E-state index contributed by atoms with van der Waals surface area (Å²) in [6.07, 6.45) is 0. The Bertz CT molecular complexity index is 872. The van der Waals surface area contributed by atoms with E-state index in [4.69, 9.17) is 9.26 Å². The van der Waals surface area contributed by atoms with Crippen LogP contribution >= 0.6 is 0 Å². The number of nitrogens with one attached hydrogen (secondary N) is 1. The number of para-hydroxylation sites is 1. The van der Waals surface area contributed by atoms with Crippen LogP contribution in [0.3, 0.4) is 0 Å². The molecular weight excluding hydrogens is 316 g/mol. The van der Waals surface area contributed by atoms with Crippen molar-refractivity contribution in [2.24, 2.45) is 0 Å². The van der Waals surface area contributed by atoms with Crippen LogP contribution in [0.25, 0.3) is 11.3 Å². The smallest absolute Gasteiger partial charge is 0.257 e. The zero-order valence-electron chi connectivity index (χ0n) is 14.4. The topological polar surface area (TPSA) is 64.4 Å². The van der Waals surface area contributed by atoms with Crippen molar-refractivity contribution in [3.63, 3.8) is 0 Å². The average Bonchev–Trinajstić information content (AvgIpc) is 3.03. The lowest BCUT2D eigenvalue weighted by atomic mass is 10.0. The number of carbonyl (C=O) groups is 1. The molecule has 0 bridgehead atoms. The van der Waals surface area contributed by atoms with Crippen molar-refractivity contribution in [2.75, 3.05) is 7.11 Å². The molecule has 2 aromatic carbocycles. The molecule has 1 N–H and O–H groups in total. The molecule has 0 radical (unpaired) electrons. The van der Waals surface area contributed by atoms with Gasteiger partial charge in [-0.2, -0.15) is 0 Å². The first kappa shape index (κ1) is 16.8. The lowest BCUT2D eigenvalue weighted by molar-refractivity contribution is 0.0939. The third-order valence-electron chi connectivity index (χ3n) is 4.09. The molecule has 0 aliphatic carbocycles. The van der Waals surface area contributed by atoms with Crippen molar-refractivity contribution in [1.29, 1.82) is 0 Å². The Balaban J connectivity index is 1.93. The van der Waals surface area contributed by atoms with Gasteiger partial charge in [-0.25, -0.2) is 0 Å². The van der Waals surface area contributed by atoms with Crippen LogP contribution in [0.1, 0.15) is 34.6 Å². The van der Waals surface area contributed by atoms with E-state index in [1.54, 1.807) is 14.0 Å². The van der Waals surface area contributed by atoms with Gasteiger partial charge < -0.3 is 14.6 Å². The van der Waals surface area contributed by atoms with Crippen LogP contribution in [0.2, 0.25) is 0 Å². The summed E-state index contributed by atoms with van der Waals surface area (Å²) in [6.45, 7) is 3.70. The van der Waals surface area contributed by atoms with Crippen LogP contribution < -0.4 is 10.1 Å². The van der Waals surface area contributed by atoms with Crippen LogP contribution in [-0.2, 0) is 0 Å². The summed E-state index contributed by atoms with van der Waals surface area (Å²) in [6, 6.07) is 17.1. The maximum Gasteiger partial charge on any atom is 0.257 e. The highest BCUT2D eigenvalue weighted by atomic mass is 16.5. The zero-order chi connectivity index (χ0) is 17.8. The molecule has 128 valence electrons. The van der Waals surface area contributed by atoms with E-state index < -0.39 is 0 Å². The second-order valence-electron chi connectivity index (χ2n) is 5.78. The molecule has 0 spiro atoms. The number of methoxy groups -OCH3 is 1. The number of aromatic nitrogens is 1. The Labute approximate surface area is 146 Å². The van der Waals surface area contributed by atoms with Crippen molar-refractivity contribution >= 4 is 5.91 Å². The summed E-state index contributed by atoms with van der Waals surface area (Å²) < 4.78 is 10.8. The highest BCUT2D eigenvalue weighted by molar-refractivity contribution is 6.01. The Morgan fingerprint density at radius 2 is 1.80 bits per heavy atom. The van der Waals surface area contributed by atoms with E-state index in [9.17, 15) is 4.79 Å². The van der Waals surface area contributed by atoms with Gasteiger partial charge in [0.05, 0.1) is 24.4 Å². The van der Waals surface area contributed by atoms with Crippen LogP contribution in [-0.4, -0.2) is 18.2 Å². The quantitative estimate of drug-likeness (QED) is 0.760. The van der Waals surface area contributed by atoms with E-state index in [1.807, 2.05) is 61.5 Å². The molecule has 3 aromatic rings. The fourth-order valence-electron chi connectivity index (χ4n) is 2.75. The van der Waals surface area contributed by atoms with Gasteiger partial charge in [-0.15, -0.1) is 0 Å². The van der Waals surface area contributed by atoms with Crippen LogP contribution in [0.5, 0.6) is 5.75 Å². The number of benzene rings is 2. The number of amides is 1. The van der Waals surface area contributed by atoms with Crippen molar-refractivity contribution in [2.45, 2.75) is 19.9 Å². The lowest BCUT2D eigenvalue weighted by Crippen LogP contribution is -2.27. The van der Waals surface area contributed by atoms with E-state index in [0.717, 1.165) is 5.56 Å². The predicted octanol–water partition coefficient (Wildman–Crippen LogP) is 4.15. The minimum Gasteiger partial charge on any atom is -0.496 e. The van der Waals surface area contributed by atoms with Gasteiger partial charge in [-0.05, 0) is 31.5 Å². The van der Waals surface area contributed by atoms with Gasteiger partial charge in [0, 0.05) is 0 Å². The molecule has 0 aliphatic rings. The standard InChI is InChI=1S/C20H20N2O3/c1-13(15-9-5-4-6-10-15)21-20(23)18-14(2)22-25-19(18)16-11-7-8-12-17(16)24-3/h4-13H,1-3H3,(H,21,23)/t13-/m0/s1. The second-order valence-corrected chi connectivity index (χ2v) is 5.78. The van der Waals surface area contributed by atoms with E-state index in [1.165, 1.54) is 0 Å². The molecule has 1 heterocycles. The predicted molar refractivity (Wildman–Crippen MR) is 95.6 cm³/mol. The normalized spacial score (nSPS) is 11.8. The Kier molecular flexibility index (Phi) is 4.84. The molecule has 0 fully saturated rings. The Morgan fingerprint density at radius 1 is 1.12 bits per heavy atom. The molecule has 0 saturated carbocycles. The van der Waals surface area contributed by atoms with Crippen molar-refractivity contribution in [3.8, 4) is 17.1 Å². The van der Waals surface area contributed by atoms with Crippen LogP contribution in [0.4, 0.5) is 0 Å². The third kappa shape index (κ3) is 3.40. The highest BCUT2D eigenvalue weighted by Crippen LogP contribution is 2.33. The summed E-state index contributed by atoms with van der Waals surface area (Å²) in [4.78, 5) is 12.9. The highest BCUT2D eigenvalue weighted by Gasteiger charge is 2.25. The molecule has 0 saturated heterocycles. The van der Waals surface area contributed by atoms with Crippen molar-refractivity contribution in [3.05, 3.63) is 71.4 Å². The zero-order valence-corrected chi connectivity index (χ0v) is 14.4. The van der Waals surface area contributed by atoms with Gasteiger partial charge in [0.15, 0.2) is 5.76 Å². The first-order valence-corrected chi connectivity index (χ1v) is 8.07. The molecule has 0 aliphatic heterocycles. The van der Waals surface area contributed by atoms with Crippen molar-refractivity contribution < 1.29 is 14.1 Å². The number of aryl methyl sites for hydroxylation is 1. The number of rotatable bonds is 5.